The highest BCUT2D eigenvalue weighted by atomic mass is 79.9. The largest absolute Gasteiger partial charge is 0.495 e. The number of aromatic nitrogens is 2. The van der Waals surface area contributed by atoms with Crippen molar-refractivity contribution in [3.8, 4) is 5.75 Å². The predicted octanol–water partition coefficient (Wildman–Crippen LogP) is 2.69. The van der Waals surface area contributed by atoms with Crippen molar-refractivity contribution < 1.29 is 9.15 Å². The first-order chi connectivity index (χ1) is 9.22. The number of hydrogen-bond donors (Lipinski definition) is 2. The Morgan fingerprint density at radius 1 is 1.37 bits per heavy atom. The Balaban J connectivity index is 2.12. The first-order valence-corrected chi connectivity index (χ1v) is 6.66. The number of nitrogens with zero attached hydrogens (tertiary/aromatic N) is 2. The minimum Gasteiger partial charge on any atom is -0.495 e. The number of rotatable bonds is 6. The van der Waals surface area contributed by atoms with Gasteiger partial charge in [-0.1, -0.05) is 28.0 Å². The van der Waals surface area contributed by atoms with Gasteiger partial charge in [-0.3, -0.25) is 0 Å². The molecule has 1 aromatic heterocycles. The molecule has 0 radical (unpaired) electrons. The number of ether oxygens (including phenoxy) is 1. The lowest BCUT2D eigenvalue weighted by Crippen LogP contribution is -2.11. The standard InChI is InChI=1S/C12H15BrN4O2/c1-3-14-7-11-16-17-12(19-11)15-9-6-8(13)4-5-10(9)18-2/h4-6,14H,3,7H2,1-2H3,(H,15,17). The van der Waals surface area contributed by atoms with Gasteiger partial charge in [0.05, 0.1) is 19.3 Å². The number of nitrogens with one attached hydrogen (secondary N) is 2. The van der Waals surface area contributed by atoms with Crippen LogP contribution in [0.3, 0.4) is 0 Å². The van der Waals surface area contributed by atoms with E-state index in [1.807, 2.05) is 25.1 Å². The Kier molecular flexibility index (Phi) is 4.75. The zero-order valence-electron chi connectivity index (χ0n) is 10.7. The molecule has 0 aliphatic heterocycles. The SMILES string of the molecule is CCNCc1nnc(Nc2cc(Br)ccc2OC)o1. The maximum absolute atomic E-state index is 5.46. The fourth-order valence-electron chi connectivity index (χ4n) is 1.50. The van der Waals surface area contributed by atoms with Crippen LogP contribution in [0.25, 0.3) is 0 Å². The molecular formula is C12H15BrN4O2. The van der Waals surface area contributed by atoms with Crippen LogP contribution in [0.1, 0.15) is 12.8 Å². The lowest BCUT2D eigenvalue weighted by atomic mass is 10.3. The Morgan fingerprint density at radius 3 is 2.95 bits per heavy atom. The molecule has 0 aliphatic rings. The van der Waals surface area contributed by atoms with Crippen LogP contribution in [0.15, 0.2) is 27.1 Å². The fourth-order valence-corrected chi connectivity index (χ4v) is 1.86. The van der Waals surface area contributed by atoms with E-state index in [-0.39, 0.29) is 0 Å². The summed E-state index contributed by atoms with van der Waals surface area (Å²) in [5, 5.41) is 14.0. The maximum Gasteiger partial charge on any atom is 0.320 e. The van der Waals surface area contributed by atoms with Crippen molar-refractivity contribution >= 4 is 27.6 Å². The molecule has 2 aromatic rings. The zero-order chi connectivity index (χ0) is 13.7. The van der Waals surface area contributed by atoms with Crippen LogP contribution in [-0.2, 0) is 6.54 Å². The van der Waals surface area contributed by atoms with E-state index in [1.54, 1.807) is 7.11 Å². The van der Waals surface area contributed by atoms with E-state index in [2.05, 4.69) is 36.8 Å². The molecule has 0 spiro atoms. The van der Waals surface area contributed by atoms with E-state index in [0.29, 0.717) is 24.2 Å². The molecule has 7 heteroatoms. The van der Waals surface area contributed by atoms with Gasteiger partial charge in [-0.15, -0.1) is 5.10 Å². The Bertz CT molecular complexity index is 544. The summed E-state index contributed by atoms with van der Waals surface area (Å²) in [5.41, 5.74) is 0.760. The highest BCUT2D eigenvalue weighted by Gasteiger charge is 2.09. The minimum atomic E-state index is 0.337. The second kappa shape index (κ2) is 6.53. The number of hydrogen-bond acceptors (Lipinski definition) is 6. The van der Waals surface area contributed by atoms with E-state index in [9.17, 15) is 0 Å². The van der Waals surface area contributed by atoms with Crippen LogP contribution < -0.4 is 15.4 Å². The molecule has 1 heterocycles. The van der Waals surface area contributed by atoms with Gasteiger partial charge in [-0.2, -0.15) is 0 Å². The highest BCUT2D eigenvalue weighted by Crippen LogP contribution is 2.30. The normalized spacial score (nSPS) is 10.5. The van der Waals surface area contributed by atoms with E-state index in [0.717, 1.165) is 16.7 Å². The van der Waals surface area contributed by atoms with Crippen molar-refractivity contribution in [2.24, 2.45) is 0 Å². The van der Waals surface area contributed by atoms with Gasteiger partial charge in [0, 0.05) is 4.47 Å². The summed E-state index contributed by atoms with van der Waals surface area (Å²) in [7, 11) is 1.61. The molecule has 0 saturated heterocycles. The number of benzene rings is 1. The van der Waals surface area contributed by atoms with Gasteiger partial charge in [-0.05, 0) is 24.7 Å². The second-order valence-corrected chi connectivity index (χ2v) is 4.67. The van der Waals surface area contributed by atoms with E-state index >= 15 is 0 Å². The molecule has 2 N–H and O–H groups in total. The van der Waals surface area contributed by atoms with Crippen molar-refractivity contribution in [3.05, 3.63) is 28.6 Å². The van der Waals surface area contributed by atoms with Crippen molar-refractivity contribution in [1.82, 2.24) is 15.5 Å². The molecule has 1 aromatic carbocycles. The first-order valence-electron chi connectivity index (χ1n) is 5.86. The second-order valence-electron chi connectivity index (χ2n) is 3.75. The summed E-state index contributed by atoms with van der Waals surface area (Å²) >= 11 is 3.41. The average Bonchev–Trinajstić information content (AvgIpc) is 2.84. The molecule has 2 rings (SSSR count). The highest BCUT2D eigenvalue weighted by molar-refractivity contribution is 9.10. The van der Waals surface area contributed by atoms with Crippen LogP contribution in [0.5, 0.6) is 5.75 Å². The van der Waals surface area contributed by atoms with E-state index in [4.69, 9.17) is 9.15 Å². The van der Waals surface area contributed by atoms with Crippen molar-refractivity contribution in [3.63, 3.8) is 0 Å². The molecule has 0 bridgehead atoms. The zero-order valence-corrected chi connectivity index (χ0v) is 12.3. The maximum atomic E-state index is 5.46. The summed E-state index contributed by atoms with van der Waals surface area (Å²) in [6, 6.07) is 5.97. The van der Waals surface area contributed by atoms with Crippen LogP contribution in [0.2, 0.25) is 0 Å². The number of methoxy groups -OCH3 is 1. The summed E-state index contributed by atoms with van der Waals surface area (Å²) in [6.45, 7) is 3.42. The third-order valence-corrected chi connectivity index (χ3v) is 2.89. The average molecular weight is 327 g/mol. The van der Waals surface area contributed by atoms with Crippen LogP contribution in [-0.4, -0.2) is 23.9 Å². The summed E-state index contributed by atoms with van der Waals surface area (Å²) in [6.07, 6.45) is 0. The molecule has 0 unspecified atom stereocenters. The molecule has 0 fully saturated rings. The van der Waals surface area contributed by atoms with Gasteiger partial charge < -0.3 is 19.8 Å². The quantitative estimate of drug-likeness (QED) is 0.850. The van der Waals surface area contributed by atoms with Crippen molar-refractivity contribution in [2.45, 2.75) is 13.5 Å². The summed E-state index contributed by atoms with van der Waals surface area (Å²) < 4.78 is 11.7. The number of anilines is 2. The van der Waals surface area contributed by atoms with Gasteiger partial charge in [0.15, 0.2) is 0 Å². The van der Waals surface area contributed by atoms with Gasteiger partial charge in [-0.25, -0.2) is 0 Å². The number of halogens is 1. The van der Waals surface area contributed by atoms with Crippen molar-refractivity contribution in [2.75, 3.05) is 19.0 Å². The van der Waals surface area contributed by atoms with Crippen LogP contribution >= 0.6 is 15.9 Å². The Labute approximate surface area is 119 Å². The molecule has 0 aliphatic carbocycles. The predicted molar refractivity (Wildman–Crippen MR) is 75.7 cm³/mol. The minimum absolute atomic E-state index is 0.337. The van der Waals surface area contributed by atoms with E-state index < -0.39 is 0 Å². The van der Waals surface area contributed by atoms with Gasteiger partial charge in [0.1, 0.15) is 5.75 Å². The lowest BCUT2D eigenvalue weighted by molar-refractivity contribution is 0.416. The van der Waals surface area contributed by atoms with Crippen LogP contribution in [0.4, 0.5) is 11.7 Å². The summed E-state index contributed by atoms with van der Waals surface area (Å²) in [5.74, 6) is 1.24. The summed E-state index contributed by atoms with van der Waals surface area (Å²) in [4.78, 5) is 0. The van der Waals surface area contributed by atoms with Crippen molar-refractivity contribution in [1.29, 1.82) is 0 Å². The van der Waals surface area contributed by atoms with E-state index in [1.165, 1.54) is 0 Å². The smallest absolute Gasteiger partial charge is 0.320 e. The lowest BCUT2D eigenvalue weighted by Gasteiger charge is -2.08. The topological polar surface area (TPSA) is 72.2 Å². The molecule has 0 amide bonds. The fraction of sp³-hybridized carbons (Fsp3) is 0.333. The molecular weight excluding hydrogens is 312 g/mol. The molecule has 19 heavy (non-hydrogen) atoms. The van der Waals surface area contributed by atoms with Gasteiger partial charge >= 0.3 is 6.01 Å². The molecule has 102 valence electrons. The molecule has 6 nitrogen and oxygen atoms in total. The molecule has 0 atom stereocenters. The monoisotopic (exact) mass is 326 g/mol. The molecule has 0 saturated carbocycles. The van der Waals surface area contributed by atoms with Gasteiger partial charge in [0.25, 0.3) is 0 Å². The first kappa shape index (κ1) is 13.8. The third-order valence-electron chi connectivity index (χ3n) is 2.40. The van der Waals surface area contributed by atoms with Gasteiger partial charge in [0.2, 0.25) is 5.89 Å². The Morgan fingerprint density at radius 2 is 2.21 bits per heavy atom. The van der Waals surface area contributed by atoms with Crippen LogP contribution in [0, 0.1) is 0 Å². The Hall–Kier alpha value is -1.60. The third kappa shape index (κ3) is 3.68.